The van der Waals surface area contributed by atoms with Gasteiger partial charge in [0, 0.05) is 36.7 Å². The number of nitrogens with zero attached hydrogens (tertiary/aromatic N) is 6. The van der Waals surface area contributed by atoms with Gasteiger partial charge in [0.25, 0.3) is 0 Å². The Labute approximate surface area is 226 Å². The third-order valence-corrected chi connectivity index (χ3v) is 7.85. The Bertz CT molecular complexity index is 1520. The number of rotatable bonds is 7. The van der Waals surface area contributed by atoms with Crippen LogP contribution in [0.5, 0.6) is 0 Å². The predicted octanol–water partition coefficient (Wildman–Crippen LogP) is 4.16. The molecule has 1 aliphatic heterocycles. The van der Waals surface area contributed by atoms with Crippen molar-refractivity contribution in [3.05, 3.63) is 64.9 Å². The van der Waals surface area contributed by atoms with Gasteiger partial charge in [-0.15, -0.1) is 33.3 Å². The first-order valence-electron chi connectivity index (χ1n) is 11.7. The zero-order valence-electron chi connectivity index (χ0n) is 20.8. The molecule has 4 heterocycles. The lowest BCUT2D eigenvalue weighted by molar-refractivity contribution is 0.0606. The Balaban J connectivity index is 1.62. The zero-order chi connectivity index (χ0) is 26.6. The summed E-state index contributed by atoms with van der Waals surface area (Å²) in [5, 5.41) is 14.9. The third-order valence-electron chi connectivity index (χ3n) is 5.70. The van der Waals surface area contributed by atoms with E-state index in [1.54, 1.807) is 35.6 Å². The van der Waals surface area contributed by atoms with E-state index in [0.717, 1.165) is 21.9 Å². The van der Waals surface area contributed by atoms with E-state index in [-0.39, 0.29) is 12.1 Å². The van der Waals surface area contributed by atoms with Gasteiger partial charge in [-0.2, -0.15) is 0 Å². The van der Waals surface area contributed by atoms with Crippen LogP contribution >= 0.6 is 23.1 Å². The molecule has 1 atom stereocenters. The number of carbonyl (C=O) groups is 2. The summed E-state index contributed by atoms with van der Waals surface area (Å²) in [6.45, 7) is 2.32. The van der Waals surface area contributed by atoms with E-state index in [2.05, 4.69) is 37.9 Å². The molecule has 0 saturated heterocycles. The smallest absolute Gasteiger partial charge is 0.350 e. The summed E-state index contributed by atoms with van der Waals surface area (Å²) in [4.78, 5) is 39.4. The van der Waals surface area contributed by atoms with E-state index in [0.29, 0.717) is 39.3 Å². The number of aryl methyl sites for hydroxylation is 1. The van der Waals surface area contributed by atoms with E-state index in [1.165, 1.54) is 24.8 Å². The largest absolute Gasteiger partial charge is 0.465 e. The second-order valence-electron chi connectivity index (χ2n) is 8.23. The number of anilines is 1. The summed E-state index contributed by atoms with van der Waals surface area (Å²) in [7, 11) is 3.10. The molecule has 4 aromatic rings. The van der Waals surface area contributed by atoms with Gasteiger partial charge in [0.05, 0.1) is 18.2 Å². The van der Waals surface area contributed by atoms with Crippen LogP contribution in [-0.4, -0.2) is 61.2 Å². The molecule has 0 bridgehead atoms. The van der Waals surface area contributed by atoms with Gasteiger partial charge in [-0.05, 0) is 18.6 Å². The molecule has 0 fully saturated rings. The first kappa shape index (κ1) is 25.5. The predicted molar refractivity (Wildman–Crippen MR) is 148 cm³/mol. The molecule has 5 rings (SSSR count). The maximum atomic E-state index is 12.7. The van der Waals surface area contributed by atoms with Gasteiger partial charge in [-0.25, -0.2) is 19.6 Å². The number of nitrogens with one attached hydrogen (secondary N) is 2. The maximum absolute atomic E-state index is 12.7. The third kappa shape index (κ3) is 5.15. The fourth-order valence-electron chi connectivity index (χ4n) is 3.87. The van der Waals surface area contributed by atoms with Crippen LogP contribution in [0.4, 0.5) is 10.6 Å². The number of methoxy groups -OCH3 is 1. The number of urea groups is 1. The fraction of sp³-hybridized carbons (Fsp3) is 0.240. The molecule has 11 nitrogen and oxygen atoms in total. The first-order chi connectivity index (χ1) is 18.5. The van der Waals surface area contributed by atoms with Gasteiger partial charge >= 0.3 is 12.0 Å². The summed E-state index contributed by atoms with van der Waals surface area (Å²) in [5.41, 5.74) is 2.92. The molecule has 0 aliphatic carbocycles. The Morgan fingerprint density at radius 3 is 2.74 bits per heavy atom. The van der Waals surface area contributed by atoms with Gasteiger partial charge in [-0.3, -0.25) is 10.3 Å². The van der Waals surface area contributed by atoms with Crippen LogP contribution in [0, 0.1) is 0 Å². The minimum absolute atomic E-state index is 0.00635. The summed E-state index contributed by atoms with van der Waals surface area (Å²) in [6, 6.07) is 11.5. The molecular formula is C25H24N8O3S2. The average molecular weight is 549 g/mol. The average Bonchev–Trinajstić information content (AvgIpc) is 3.68. The molecular weight excluding hydrogens is 524 g/mol. The minimum Gasteiger partial charge on any atom is -0.465 e. The summed E-state index contributed by atoms with van der Waals surface area (Å²) in [6.07, 6.45) is 3.17. The van der Waals surface area contributed by atoms with E-state index >= 15 is 0 Å². The number of thioether (sulfide) groups is 1. The number of hydrogen-bond donors (Lipinski definition) is 2. The molecule has 2 amide bonds. The summed E-state index contributed by atoms with van der Waals surface area (Å²) in [5.74, 6) is 1.07. The van der Waals surface area contributed by atoms with Gasteiger partial charge in [0.2, 0.25) is 0 Å². The van der Waals surface area contributed by atoms with Crippen LogP contribution in [0.15, 0.2) is 53.9 Å². The van der Waals surface area contributed by atoms with Crippen molar-refractivity contribution in [1.82, 2.24) is 30.0 Å². The minimum atomic E-state index is -0.521. The zero-order valence-corrected chi connectivity index (χ0v) is 22.5. The van der Waals surface area contributed by atoms with Crippen LogP contribution in [-0.2, 0) is 11.8 Å². The number of esters is 1. The summed E-state index contributed by atoms with van der Waals surface area (Å²) < 4.78 is 6.70. The van der Waals surface area contributed by atoms with Crippen molar-refractivity contribution in [3.8, 4) is 22.1 Å². The molecule has 0 radical (unpaired) electrons. The molecule has 0 saturated carbocycles. The molecule has 38 heavy (non-hydrogen) atoms. The molecule has 1 aliphatic rings. The molecule has 0 spiro atoms. The quantitative estimate of drug-likeness (QED) is 0.329. The van der Waals surface area contributed by atoms with Crippen molar-refractivity contribution in [2.45, 2.75) is 13.0 Å². The fourth-order valence-corrected chi connectivity index (χ4v) is 5.99. The number of aromatic nitrogens is 5. The van der Waals surface area contributed by atoms with E-state index in [9.17, 15) is 9.59 Å². The van der Waals surface area contributed by atoms with Crippen LogP contribution < -0.4 is 10.6 Å². The summed E-state index contributed by atoms with van der Waals surface area (Å²) >= 11 is 2.80. The molecule has 1 unspecified atom stereocenters. The van der Waals surface area contributed by atoms with E-state index in [4.69, 9.17) is 14.7 Å². The highest BCUT2D eigenvalue weighted by molar-refractivity contribution is 8.14. The number of ether oxygens (including phenoxy) is 1. The van der Waals surface area contributed by atoms with Crippen molar-refractivity contribution < 1.29 is 14.3 Å². The van der Waals surface area contributed by atoms with E-state index < -0.39 is 5.97 Å². The second-order valence-corrected chi connectivity index (χ2v) is 10.2. The van der Waals surface area contributed by atoms with Gasteiger partial charge < -0.3 is 14.6 Å². The van der Waals surface area contributed by atoms with Gasteiger partial charge in [-0.1, -0.05) is 30.3 Å². The molecule has 2 N–H and O–H groups in total. The van der Waals surface area contributed by atoms with Crippen molar-refractivity contribution >= 4 is 46.0 Å². The highest BCUT2D eigenvalue weighted by Gasteiger charge is 2.28. The normalized spacial score (nSPS) is 14.7. The van der Waals surface area contributed by atoms with Crippen molar-refractivity contribution in [3.63, 3.8) is 0 Å². The highest BCUT2D eigenvalue weighted by atomic mass is 32.2. The lowest BCUT2D eigenvalue weighted by Crippen LogP contribution is -2.28. The maximum Gasteiger partial charge on any atom is 0.350 e. The van der Waals surface area contributed by atoms with Gasteiger partial charge in [0.15, 0.2) is 5.82 Å². The van der Waals surface area contributed by atoms with Crippen molar-refractivity contribution in [2.75, 3.05) is 24.7 Å². The van der Waals surface area contributed by atoms with E-state index in [1.807, 2.05) is 25.1 Å². The molecule has 1 aromatic carbocycles. The standard InChI is InChI=1S/C25H24N8O3S2/c1-4-26-25(35)30-18-10-15(22-29-17(12-37-22)14-8-6-5-7-9-14)16(11-27-18)23-31-19(20(38-23)24(34)36-3)21-32-28-13-33(21)2/h5-11,13,17H,4,12H2,1-3H3,(H2,26,27,30,35). The number of aliphatic imine (C=N–C) groups is 1. The Morgan fingerprint density at radius 2 is 2.03 bits per heavy atom. The molecule has 13 heteroatoms. The number of pyridine rings is 1. The topological polar surface area (TPSA) is 136 Å². The first-order valence-corrected chi connectivity index (χ1v) is 13.5. The van der Waals surface area contributed by atoms with Crippen LogP contribution in [0.3, 0.4) is 0 Å². The number of benzene rings is 1. The number of thiazole rings is 1. The van der Waals surface area contributed by atoms with Gasteiger partial charge in [0.1, 0.15) is 27.7 Å². The van der Waals surface area contributed by atoms with Crippen LogP contribution in [0.25, 0.3) is 22.1 Å². The monoisotopic (exact) mass is 548 g/mol. The number of hydrogen-bond acceptors (Lipinski definition) is 10. The SMILES string of the molecule is CCNC(=O)Nc1cc(C2=NC(c3ccccc3)CS2)c(-c2nc(-c3nncn3C)c(C(=O)OC)s2)cn1. The lowest BCUT2D eigenvalue weighted by atomic mass is 10.1. The lowest BCUT2D eigenvalue weighted by Gasteiger charge is -2.10. The highest BCUT2D eigenvalue weighted by Crippen LogP contribution is 2.40. The number of carbonyl (C=O) groups excluding carboxylic acids is 2. The van der Waals surface area contributed by atoms with Crippen LogP contribution in [0.1, 0.15) is 33.8 Å². The molecule has 194 valence electrons. The van der Waals surface area contributed by atoms with Crippen molar-refractivity contribution in [2.24, 2.45) is 12.0 Å². The Kier molecular flexibility index (Phi) is 7.47. The molecule has 3 aromatic heterocycles. The second kappa shape index (κ2) is 11.1. The Morgan fingerprint density at radius 1 is 1.21 bits per heavy atom. The van der Waals surface area contributed by atoms with Crippen LogP contribution in [0.2, 0.25) is 0 Å². The van der Waals surface area contributed by atoms with Crippen molar-refractivity contribution in [1.29, 1.82) is 0 Å². The Hall–Kier alpha value is -4.10. The number of amides is 2.